The average molecular weight is 309 g/mol. The minimum Gasteiger partial charge on any atom is -0.376 e. The standard InChI is InChI=1S/C15H23N3O4/c1-11-16-15(17-22-11)12-4-2-6-18(8-12)14(19)10-20-9-13-5-3-7-21-13/h12-13H,2-10H2,1H3. The molecule has 1 amide bonds. The number of likely N-dealkylation sites (tertiary alicyclic amines) is 1. The lowest BCUT2D eigenvalue weighted by molar-refractivity contribution is -0.138. The molecule has 2 aliphatic heterocycles. The number of amides is 1. The number of hydrogen-bond donors (Lipinski definition) is 0. The first kappa shape index (κ1) is 15.4. The van der Waals surface area contributed by atoms with Gasteiger partial charge in [-0.3, -0.25) is 4.79 Å². The number of rotatable bonds is 5. The van der Waals surface area contributed by atoms with Crippen LogP contribution in [0, 0.1) is 6.92 Å². The number of aromatic nitrogens is 2. The van der Waals surface area contributed by atoms with Gasteiger partial charge in [0.05, 0.1) is 12.7 Å². The van der Waals surface area contributed by atoms with Gasteiger partial charge in [0.1, 0.15) is 6.61 Å². The van der Waals surface area contributed by atoms with E-state index in [0.29, 0.717) is 24.9 Å². The van der Waals surface area contributed by atoms with E-state index in [4.69, 9.17) is 14.0 Å². The number of piperidine rings is 1. The predicted octanol–water partition coefficient (Wildman–Crippen LogP) is 1.28. The van der Waals surface area contributed by atoms with Crippen molar-refractivity contribution in [1.29, 1.82) is 0 Å². The molecule has 122 valence electrons. The summed E-state index contributed by atoms with van der Waals surface area (Å²) in [7, 11) is 0. The van der Waals surface area contributed by atoms with E-state index in [-0.39, 0.29) is 24.5 Å². The molecule has 2 aliphatic rings. The van der Waals surface area contributed by atoms with E-state index in [2.05, 4.69) is 10.1 Å². The molecule has 2 saturated heterocycles. The molecule has 0 spiro atoms. The Bertz CT molecular complexity index is 499. The van der Waals surface area contributed by atoms with Crippen LogP contribution in [-0.4, -0.2) is 60.0 Å². The van der Waals surface area contributed by atoms with Crippen molar-refractivity contribution >= 4 is 5.91 Å². The minimum absolute atomic E-state index is 0.0305. The Morgan fingerprint density at radius 1 is 1.41 bits per heavy atom. The molecular formula is C15H23N3O4. The first-order valence-corrected chi connectivity index (χ1v) is 7.99. The summed E-state index contributed by atoms with van der Waals surface area (Å²) in [6.45, 7) is 4.63. The van der Waals surface area contributed by atoms with Crippen LogP contribution in [0.2, 0.25) is 0 Å². The van der Waals surface area contributed by atoms with E-state index in [1.807, 2.05) is 4.90 Å². The summed E-state index contributed by atoms with van der Waals surface area (Å²) in [6, 6.07) is 0. The molecule has 3 rings (SSSR count). The number of carbonyl (C=O) groups excluding carboxylic acids is 1. The zero-order valence-electron chi connectivity index (χ0n) is 13.0. The Morgan fingerprint density at radius 2 is 2.32 bits per heavy atom. The quantitative estimate of drug-likeness (QED) is 0.815. The molecule has 2 fully saturated rings. The second-order valence-electron chi connectivity index (χ2n) is 6.00. The molecule has 7 nitrogen and oxygen atoms in total. The van der Waals surface area contributed by atoms with Crippen LogP contribution in [-0.2, 0) is 14.3 Å². The maximum absolute atomic E-state index is 12.2. The Balaban J connectivity index is 1.45. The fourth-order valence-electron chi connectivity index (χ4n) is 3.04. The summed E-state index contributed by atoms with van der Waals surface area (Å²) in [5, 5.41) is 3.98. The maximum Gasteiger partial charge on any atom is 0.248 e. The van der Waals surface area contributed by atoms with Crippen molar-refractivity contribution in [2.75, 3.05) is 32.9 Å². The maximum atomic E-state index is 12.2. The van der Waals surface area contributed by atoms with Crippen molar-refractivity contribution in [2.24, 2.45) is 0 Å². The molecule has 0 aromatic carbocycles. The fourth-order valence-corrected chi connectivity index (χ4v) is 3.04. The Hall–Kier alpha value is -1.47. The molecule has 22 heavy (non-hydrogen) atoms. The van der Waals surface area contributed by atoms with Crippen molar-refractivity contribution in [3.63, 3.8) is 0 Å². The molecule has 7 heteroatoms. The molecule has 3 heterocycles. The van der Waals surface area contributed by atoms with Gasteiger partial charge in [0.2, 0.25) is 11.8 Å². The second kappa shape index (κ2) is 7.19. The zero-order valence-corrected chi connectivity index (χ0v) is 13.0. The highest BCUT2D eigenvalue weighted by Gasteiger charge is 2.28. The molecule has 1 aromatic rings. The lowest BCUT2D eigenvalue weighted by atomic mass is 9.97. The fraction of sp³-hybridized carbons (Fsp3) is 0.800. The van der Waals surface area contributed by atoms with E-state index in [1.165, 1.54) is 0 Å². The van der Waals surface area contributed by atoms with Gasteiger partial charge in [0, 0.05) is 32.5 Å². The molecule has 1 aromatic heterocycles. The first-order valence-electron chi connectivity index (χ1n) is 7.99. The van der Waals surface area contributed by atoms with E-state index in [0.717, 1.165) is 38.8 Å². The number of ether oxygens (including phenoxy) is 2. The monoisotopic (exact) mass is 309 g/mol. The summed E-state index contributed by atoms with van der Waals surface area (Å²) in [5.41, 5.74) is 0. The highest BCUT2D eigenvalue weighted by molar-refractivity contribution is 5.77. The van der Waals surface area contributed by atoms with Gasteiger partial charge in [-0.2, -0.15) is 4.98 Å². The second-order valence-corrected chi connectivity index (χ2v) is 6.00. The number of carbonyl (C=O) groups is 1. The molecule has 0 aliphatic carbocycles. The predicted molar refractivity (Wildman–Crippen MR) is 77.4 cm³/mol. The van der Waals surface area contributed by atoms with Crippen LogP contribution < -0.4 is 0 Å². The van der Waals surface area contributed by atoms with Crippen LogP contribution in [0.3, 0.4) is 0 Å². The average Bonchev–Trinajstić information content (AvgIpc) is 3.19. The van der Waals surface area contributed by atoms with Gasteiger partial charge in [-0.05, 0) is 25.7 Å². The smallest absolute Gasteiger partial charge is 0.248 e. The summed E-state index contributed by atoms with van der Waals surface area (Å²) < 4.78 is 16.0. The minimum atomic E-state index is 0.0305. The Labute approximate surface area is 129 Å². The molecule has 0 N–H and O–H groups in total. The van der Waals surface area contributed by atoms with Gasteiger partial charge >= 0.3 is 0 Å². The van der Waals surface area contributed by atoms with Crippen LogP contribution in [0.4, 0.5) is 0 Å². The summed E-state index contributed by atoms with van der Waals surface area (Å²) in [4.78, 5) is 18.4. The van der Waals surface area contributed by atoms with Crippen LogP contribution in [0.5, 0.6) is 0 Å². The van der Waals surface area contributed by atoms with E-state index < -0.39 is 0 Å². The highest BCUT2D eigenvalue weighted by atomic mass is 16.5. The first-order chi connectivity index (χ1) is 10.7. The summed E-state index contributed by atoms with van der Waals surface area (Å²) >= 11 is 0. The molecule has 0 saturated carbocycles. The SMILES string of the molecule is Cc1nc(C2CCCN(C(=O)COCC3CCCO3)C2)no1. The van der Waals surface area contributed by atoms with Crippen molar-refractivity contribution in [3.05, 3.63) is 11.7 Å². The number of aryl methyl sites for hydroxylation is 1. The van der Waals surface area contributed by atoms with Crippen LogP contribution in [0.15, 0.2) is 4.52 Å². The van der Waals surface area contributed by atoms with Crippen LogP contribution in [0.1, 0.15) is 43.3 Å². The van der Waals surface area contributed by atoms with Crippen molar-refractivity contribution < 1.29 is 18.8 Å². The Kier molecular flexibility index (Phi) is 5.04. The molecule has 0 radical (unpaired) electrons. The van der Waals surface area contributed by atoms with Gasteiger partial charge in [-0.25, -0.2) is 0 Å². The highest BCUT2D eigenvalue weighted by Crippen LogP contribution is 2.24. The lowest BCUT2D eigenvalue weighted by Gasteiger charge is -2.31. The van der Waals surface area contributed by atoms with Gasteiger partial charge in [-0.1, -0.05) is 5.16 Å². The number of nitrogens with zero attached hydrogens (tertiary/aromatic N) is 3. The van der Waals surface area contributed by atoms with E-state index >= 15 is 0 Å². The van der Waals surface area contributed by atoms with Crippen molar-refractivity contribution in [1.82, 2.24) is 15.0 Å². The van der Waals surface area contributed by atoms with Crippen molar-refractivity contribution in [3.8, 4) is 0 Å². The van der Waals surface area contributed by atoms with Gasteiger partial charge in [0.15, 0.2) is 5.82 Å². The largest absolute Gasteiger partial charge is 0.376 e. The topological polar surface area (TPSA) is 77.7 Å². The summed E-state index contributed by atoms with van der Waals surface area (Å²) in [5.74, 6) is 1.46. The zero-order chi connectivity index (χ0) is 15.4. The Morgan fingerprint density at radius 3 is 3.05 bits per heavy atom. The normalized spacial score (nSPS) is 25.6. The number of hydrogen-bond acceptors (Lipinski definition) is 6. The van der Waals surface area contributed by atoms with E-state index in [1.54, 1.807) is 6.92 Å². The summed E-state index contributed by atoms with van der Waals surface area (Å²) in [6.07, 6.45) is 4.20. The third kappa shape index (κ3) is 3.84. The third-order valence-corrected chi connectivity index (χ3v) is 4.24. The molecular weight excluding hydrogens is 286 g/mol. The van der Waals surface area contributed by atoms with E-state index in [9.17, 15) is 4.79 Å². The van der Waals surface area contributed by atoms with Gasteiger partial charge < -0.3 is 18.9 Å². The molecule has 0 bridgehead atoms. The van der Waals surface area contributed by atoms with Gasteiger partial charge in [0.25, 0.3) is 0 Å². The third-order valence-electron chi connectivity index (χ3n) is 4.24. The van der Waals surface area contributed by atoms with Crippen LogP contribution >= 0.6 is 0 Å². The molecule has 2 unspecified atom stereocenters. The molecule has 2 atom stereocenters. The van der Waals surface area contributed by atoms with Gasteiger partial charge in [-0.15, -0.1) is 0 Å². The lowest BCUT2D eigenvalue weighted by Crippen LogP contribution is -2.41. The van der Waals surface area contributed by atoms with Crippen molar-refractivity contribution in [2.45, 2.75) is 44.6 Å². The van der Waals surface area contributed by atoms with Crippen LogP contribution in [0.25, 0.3) is 0 Å².